The minimum Gasteiger partial charge on any atom is -0.310 e. The van der Waals surface area contributed by atoms with Gasteiger partial charge in [0, 0.05) is 22.2 Å². The summed E-state index contributed by atoms with van der Waals surface area (Å²) in [5.41, 5.74) is 13.6. The lowest BCUT2D eigenvalue weighted by molar-refractivity contribution is 0.660. The third-order valence-corrected chi connectivity index (χ3v) is 12.2. The fraction of sp³-hybridized carbons (Fsp3) is 0.0545. The van der Waals surface area contributed by atoms with E-state index in [1.165, 1.54) is 93.3 Å². The van der Waals surface area contributed by atoms with Gasteiger partial charge in [0.15, 0.2) is 0 Å². The standard InChI is InChI=1S/C55H39N/c1-55(2)52-34-40(36-13-4-3-5-14-36)26-31-49(52)50-32-29-42(35-53(50)55)56(54-22-12-16-38-15-6-7-17-43(38)54)41-27-23-37(24-28-41)39-25-30-48-46-20-9-8-18-44(46)45-19-10-11-21-47(45)51(48)33-39/h3-35H,1-2H3. The Morgan fingerprint density at radius 1 is 0.321 bits per heavy atom. The maximum absolute atomic E-state index is 2.45. The monoisotopic (exact) mass is 713 g/mol. The van der Waals surface area contributed by atoms with Crippen molar-refractivity contribution in [2.75, 3.05) is 4.90 Å². The lowest BCUT2D eigenvalue weighted by Crippen LogP contribution is -2.16. The maximum Gasteiger partial charge on any atom is 0.0540 e. The number of anilines is 3. The van der Waals surface area contributed by atoms with Crippen LogP contribution in [0, 0.1) is 0 Å². The lowest BCUT2D eigenvalue weighted by Gasteiger charge is -2.29. The lowest BCUT2D eigenvalue weighted by atomic mass is 9.81. The van der Waals surface area contributed by atoms with Crippen LogP contribution in [0.5, 0.6) is 0 Å². The van der Waals surface area contributed by atoms with E-state index in [0.717, 1.165) is 11.4 Å². The van der Waals surface area contributed by atoms with E-state index in [-0.39, 0.29) is 5.41 Å². The highest BCUT2D eigenvalue weighted by atomic mass is 15.1. The SMILES string of the molecule is CC1(C)c2cc(-c3ccccc3)ccc2-c2ccc(N(c3ccc(-c4ccc5c6ccccc6c6ccccc6c5c4)cc3)c3cccc4ccccc34)cc21. The van der Waals surface area contributed by atoms with Crippen LogP contribution in [0.2, 0.25) is 0 Å². The normalized spacial score (nSPS) is 13.0. The number of fused-ring (bicyclic) bond motifs is 10. The molecule has 0 fully saturated rings. The van der Waals surface area contributed by atoms with Crippen molar-refractivity contribution >= 4 is 60.2 Å². The summed E-state index contributed by atoms with van der Waals surface area (Å²) >= 11 is 0. The van der Waals surface area contributed by atoms with Gasteiger partial charge in [0.25, 0.3) is 0 Å². The van der Waals surface area contributed by atoms with Crippen LogP contribution >= 0.6 is 0 Å². The molecule has 0 radical (unpaired) electrons. The molecule has 0 heterocycles. The third kappa shape index (κ3) is 5.01. The number of nitrogens with zero attached hydrogens (tertiary/aromatic N) is 1. The first-order chi connectivity index (χ1) is 27.5. The van der Waals surface area contributed by atoms with E-state index in [1.807, 2.05) is 0 Å². The third-order valence-electron chi connectivity index (χ3n) is 12.2. The Bertz CT molecular complexity index is 3110. The molecule has 56 heavy (non-hydrogen) atoms. The van der Waals surface area contributed by atoms with E-state index in [1.54, 1.807) is 0 Å². The number of benzene rings is 10. The maximum atomic E-state index is 2.45. The summed E-state index contributed by atoms with van der Waals surface area (Å²) in [4.78, 5) is 2.45. The quantitative estimate of drug-likeness (QED) is 0.161. The van der Waals surface area contributed by atoms with Crippen molar-refractivity contribution in [1.29, 1.82) is 0 Å². The Balaban J connectivity index is 1.04. The second kappa shape index (κ2) is 12.5. The van der Waals surface area contributed by atoms with E-state index in [2.05, 4.69) is 219 Å². The number of hydrogen-bond acceptors (Lipinski definition) is 1. The highest BCUT2D eigenvalue weighted by Gasteiger charge is 2.36. The van der Waals surface area contributed by atoms with Crippen molar-refractivity contribution in [3.63, 3.8) is 0 Å². The summed E-state index contributed by atoms with van der Waals surface area (Å²) in [6.45, 7) is 4.76. The predicted octanol–water partition coefficient (Wildman–Crippen LogP) is 15.4. The molecule has 0 N–H and O–H groups in total. The Morgan fingerprint density at radius 2 is 0.804 bits per heavy atom. The van der Waals surface area contributed by atoms with Crippen LogP contribution in [0.1, 0.15) is 25.0 Å². The molecule has 0 aromatic heterocycles. The van der Waals surface area contributed by atoms with Gasteiger partial charge in [-0.15, -0.1) is 0 Å². The van der Waals surface area contributed by atoms with Gasteiger partial charge in [-0.25, -0.2) is 0 Å². The average Bonchev–Trinajstić information content (AvgIpc) is 3.49. The molecule has 1 aliphatic rings. The summed E-state index contributed by atoms with van der Waals surface area (Å²) in [6, 6.07) is 73.9. The summed E-state index contributed by atoms with van der Waals surface area (Å²) in [6.07, 6.45) is 0. The van der Waals surface area contributed by atoms with E-state index >= 15 is 0 Å². The summed E-state index contributed by atoms with van der Waals surface area (Å²) in [7, 11) is 0. The van der Waals surface area contributed by atoms with Crippen molar-refractivity contribution in [2.24, 2.45) is 0 Å². The molecule has 11 rings (SSSR count). The van der Waals surface area contributed by atoms with E-state index in [9.17, 15) is 0 Å². The zero-order valence-corrected chi connectivity index (χ0v) is 31.5. The molecule has 1 nitrogen and oxygen atoms in total. The second-order valence-corrected chi connectivity index (χ2v) is 15.7. The molecule has 0 amide bonds. The molecule has 10 aromatic rings. The molecule has 0 bridgehead atoms. The van der Waals surface area contributed by atoms with Gasteiger partial charge in [0.2, 0.25) is 0 Å². The largest absolute Gasteiger partial charge is 0.310 e. The minimum absolute atomic E-state index is 0.161. The van der Waals surface area contributed by atoms with Crippen molar-refractivity contribution in [3.8, 4) is 33.4 Å². The van der Waals surface area contributed by atoms with Crippen molar-refractivity contribution in [2.45, 2.75) is 19.3 Å². The Morgan fingerprint density at radius 3 is 1.52 bits per heavy atom. The first kappa shape index (κ1) is 32.5. The highest BCUT2D eigenvalue weighted by Crippen LogP contribution is 2.52. The molecule has 0 saturated carbocycles. The molecule has 10 aromatic carbocycles. The van der Waals surface area contributed by atoms with Crippen LogP contribution < -0.4 is 4.90 Å². The number of hydrogen-bond donors (Lipinski definition) is 0. The van der Waals surface area contributed by atoms with Gasteiger partial charge in [-0.3, -0.25) is 0 Å². The second-order valence-electron chi connectivity index (χ2n) is 15.7. The molecule has 0 spiro atoms. The van der Waals surface area contributed by atoms with Gasteiger partial charge in [-0.1, -0.05) is 172 Å². The fourth-order valence-electron chi connectivity index (χ4n) is 9.40. The minimum atomic E-state index is -0.161. The molecule has 1 aliphatic carbocycles. The van der Waals surface area contributed by atoms with Crippen molar-refractivity contribution in [3.05, 3.63) is 211 Å². The predicted molar refractivity (Wildman–Crippen MR) is 240 cm³/mol. The van der Waals surface area contributed by atoms with Gasteiger partial charge in [-0.2, -0.15) is 0 Å². The summed E-state index contributed by atoms with van der Waals surface area (Å²) < 4.78 is 0. The highest BCUT2D eigenvalue weighted by molar-refractivity contribution is 6.25. The van der Waals surface area contributed by atoms with Crippen LogP contribution in [0.4, 0.5) is 17.1 Å². The van der Waals surface area contributed by atoms with E-state index in [0.29, 0.717) is 0 Å². The van der Waals surface area contributed by atoms with Gasteiger partial charge >= 0.3 is 0 Å². The zero-order chi connectivity index (χ0) is 37.4. The Kier molecular flexibility index (Phi) is 7.28. The molecular weight excluding hydrogens is 675 g/mol. The smallest absolute Gasteiger partial charge is 0.0540 e. The van der Waals surface area contributed by atoms with Gasteiger partial charge in [0.1, 0.15) is 0 Å². The van der Waals surface area contributed by atoms with Crippen LogP contribution in [0.25, 0.3) is 76.5 Å². The van der Waals surface area contributed by atoms with Crippen LogP contribution in [0.3, 0.4) is 0 Å². The van der Waals surface area contributed by atoms with Crippen molar-refractivity contribution in [1.82, 2.24) is 0 Å². The van der Waals surface area contributed by atoms with Gasteiger partial charge < -0.3 is 4.90 Å². The van der Waals surface area contributed by atoms with Gasteiger partial charge in [0.05, 0.1) is 5.69 Å². The van der Waals surface area contributed by atoms with E-state index in [4.69, 9.17) is 0 Å². The molecule has 1 heteroatoms. The summed E-state index contributed by atoms with van der Waals surface area (Å²) in [5, 5.41) is 10.2. The summed E-state index contributed by atoms with van der Waals surface area (Å²) in [5.74, 6) is 0. The molecule has 0 saturated heterocycles. The Hall–Kier alpha value is -6.96. The molecule has 0 aliphatic heterocycles. The number of rotatable bonds is 5. The molecular formula is C55H39N. The topological polar surface area (TPSA) is 3.24 Å². The molecule has 0 atom stereocenters. The molecule has 264 valence electrons. The first-order valence-electron chi connectivity index (χ1n) is 19.6. The van der Waals surface area contributed by atoms with Crippen LogP contribution in [0.15, 0.2) is 200 Å². The van der Waals surface area contributed by atoms with E-state index < -0.39 is 0 Å². The van der Waals surface area contributed by atoms with Crippen LogP contribution in [-0.4, -0.2) is 0 Å². The average molecular weight is 714 g/mol. The zero-order valence-electron chi connectivity index (χ0n) is 31.5. The van der Waals surface area contributed by atoms with Crippen molar-refractivity contribution < 1.29 is 0 Å². The Labute approximate surface area is 327 Å². The van der Waals surface area contributed by atoms with Crippen LogP contribution in [-0.2, 0) is 5.41 Å². The molecule has 0 unspecified atom stereocenters. The van der Waals surface area contributed by atoms with Gasteiger partial charge in [-0.05, 0) is 125 Å². The first-order valence-corrected chi connectivity index (χ1v) is 19.6. The fourth-order valence-corrected chi connectivity index (χ4v) is 9.40.